The molecule has 1 heterocycles. The normalized spacial score (nSPS) is 14.6. The minimum atomic E-state index is 0.739. The Balaban J connectivity index is 2.02. The highest BCUT2D eigenvalue weighted by Gasteiger charge is 2.22. The molecule has 0 atom stereocenters. The van der Waals surface area contributed by atoms with Crippen LogP contribution in [0.15, 0.2) is 24.3 Å². The van der Waals surface area contributed by atoms with Crippen molar-refractivity contribution < 1.29 is 0 Å². The lowest BCUT2D eigenvalue weighted by molar-refractivity contribution is 0.688. The van der Waals surface area contributed by atoms with E-state index < -0.39 is 0 Å². The maximum atomic E-state index is 4.72. The van der Waals surface area contributed by atoms with Crippen molar-refractivity contribution in [3.63, 3.8) is 0 Å². The van der Waals surface area contributed by atoms with Gasteiger partial charge in [-0.3, -0.25) is 4.68 Å². The monoisotopic (exact) mass is 283 g/mol. The number of aryl methyl sites for hydroxylation is 2. The highest BCUT2D eigenvalue weighted by atomic mass is 15.3. The summed E-state index contributed by atoms with van der Waals surface area (Å²) < 4.78 is 2.05. The first-order valence-electron chi connectivity index (χ1n) is 8.11. The quantitative estimate of drug-likeness (QED) is 0.880. The predicted octanol–water partition coefficient (Wildman–Crippen LogP) is 3.46. The Morgan fingerprint density at radius 3 is 2.62 bits per heavy atom. The van der Waals surface area contributed by atoms with Gasteiger partial charge in [0.05, 0.1) is 5.69 Å². The van der Waals surface area contributed by atoms with Crippen molar-refractivity contribution in [2.45, 2.75) is 52.1 Å². The van der Waals surface area contributed by atoms with Crippen molar-refractivity contribution in [1.29, 1.82) is 0 Å². The third-order valence-corrected chi connectivity index (χ3v) is 4.35. The van der Waals surface area contributed by atoms with Gasteiger partial charge in [0, 0.05) is 30.9 Å². The second-order valence-electron chi connectivity index (χ2n) is 5.91. The van der Waals surface area contributed by atoms with Crippen LogP contribution < -0.4 is 5.32 Å². The highest BCUT2D eigenvalue weighted by molar-refractivity contribution is 5.72. The standard InChI is InChI=1S/C18H25N3/c1-4-16-18(17(5-2)21(3)20-16)15-9-7-6-8-13(15)12-19-14-10-11-14/h6-9,14,19H,4-5,10-12H2,1-3H3. The number of benzene rings is 1. The lowest BCUT2D eigenvalue weighted by atomic mass is 9.95. The summed E-state index contributed by atoms with van der Waals surface area (Å²) >= 11 is 0. The molecule has 3 heteroatoms. The van der Waals surface area contributed by atoms with E-state index in [0.717, 1.165) is 25.4 Å². The Labute approximate surface area is 127 Å². The third kappa shape index (κ3) is 2.88. The van der Waals surface area contributed by atoms with E-state index in [-0.39, 0.29) is 0 Å². The zero-order chi connectivity index (χ0) is 14.8. The number of hydrogen-bond donors (Lipinski definition) is 1. The molecule has 1 fully saturated rings. The molecule has 0 amide bonds. The van der Waals surface area contributed by atoms with Crippen LogP contribution in [0.5, 0.6) is 0 Å². The van der Waals surface area contributed by atoms with Crippen molar-refractivity contribution in [3.05, 3.63) is 41.2 Å². The molecule has 3 rings (SSSR count). The molecule has 0 aliphatic heterocycles. The van der Waals surface area contributed by atoms with E-state index in [1.54, 1.807) is 0 Å². The Hall–Kier alpha value is -1.61. The molecule has 112 valence electrons. The second-order valence-corrected chi connectivity index (χ2v) is 5.91. The average Bonchev–Trinajstić information content (AvgIpc) is 3.27. The topological polar surface area (TPSA) is 29.9 Å². The predicted molar refractivity (Wildman–Crippen MR) is 87.3 cm³/mol. The van der Waals surface area contributed by atoms with Gasteiger partial charge >= 0.3 is 0 Å². The fourth-order valence-electron chi connectivity index (χ4n) is 3.04. The minimum Gasteiger partial charge on any atom is -0.310 e. The molecule has 0 radical (unpaired) electrons. The van der Waals surface area contributed by atoms with Crippen LogP contribution in [0, 0.1) is 0 Å². The smallest absolute Gasteiger partial charge is 0.0703 e. The van der Waals surface area contributed by atoms with Gasteiger partial charge in [0.25, 0.3) is 0 Å². The van der Waals surface area contributed by atoms with E-state index in [1.165, 1.54) is 40.9 Å². The van der Waals surface area contributed by atoms with Crippen LogP contribution in [-0.4, -0.2) is 15.8 Å². The summed E-state index contributed by atoms with van der Waals surface area (Å²) in [5.41, 5.74) is 6.66. The molecule has 1 N–H and O–H groups in total. The Morgan fingerprint density at radius 1 is 1.19 bits per heavy atom. The lowest BCUT2D eigenvalue weighted by Crippen LogP contribution is -2.16. The number of nitrogens with one attached hydrogen (secondary N) is 1. The van der Waals surface area contributed by atoms with E-state index in [9.17, 15) is 0 Å². The van der Waals surface area contributed by atoms with Gasteiger partial charge in [0.15, 0.2) is 0 Å². The van der Waals surface area contributed by atoms with E-state index in [4.69, 9.17) is 5.10 Å². The maximum absolute atomic E-state index is 4.72. The first-order chi connectivity index (χ1) is 10.2. The van der Waals surface area contributed by atoms with Gasteiger partial charge in [-0.15, -0.1) is 0 Å². The molecule has 3 nitrogen and oxygen atoms in total. The van der Waals surface area contributed by atoms with Gasteiger partial charge in [-0.1, -0.05) is 38.1 Å². The first-order valence-corrected chi connectivity index (χ1v) is 8.11. The fourth-order valence-corrected chi connectivity index (χ4v) is 3.04. The maximum Gasteiger partial charge on any atom is 0.0703 e. The molecule has 1 aromatic heterocycles. The van der Waals surface area contributed by atoms with Gasteiger partial charge in [0.2, 0.25) is 0 Å². The zero-order valence-electron chi connectivity index (χ0n) is 13.3. The van der Waals surface area contributed by atoms with Crippen LogP contribution in [0.1, 0.15) is 43.6 Å². The summed E-state index contributed by atoms with van der Waals surface area (Å²) in [5, 5.41) is 8.36. The summed E-state index contributed by atoms with van der Waals surface area (Å²) in [7, 11) is 2.06. The van der Waals surface area contributed by atoms with Crippen LogP contribution in [0.4, 0.5) is 0 Å². The van der Waals surface area contributed by atoms with Crippen molar-refractivity contribution in [2.24, 2.45) is 7.05 Å². The molecule has 2 aromatic rings. The molecular weight excluding hydrogens is 258 g/mol. The molecule has 0 bridgehead atoms. The minimum absolute atomic E-state index is 0.739. The number of aromatic nitrogens is 2. The summed E-state index contributed by atoms with van der Waals surface area (Å²) in [6, 6.07) is 9.52. The van der Waals surface area contributed by atoms with Crippen molar-refractivity contribution in [2.75, 3.05) is 0 Å². The van der Waals surface area contributed by atoms with Crippen molar-refractivity contribution in [3.8, 4) is 11.1 Å². The van der Waals surface area contributed by atoms with Crippen molar-refractivity contribution in [1.82, 2.24) is 15.1 Å². The Bertz CT molecular complexity index is 623. The fraction of sp³-hybridized carbons (Fsp3) is 0.500. The van der Waals surface area contributed by atoms with Gasteiger partial charge in [-0.25, -0.2) is 0 Å². The molecule has 1 aliphatic carbocycles. The Morgan fingerprint density at radius 2 is 1.95 bits per heavy atom. The van der Waals surface area contributed by atoms with E-state index in [0.29, 0.717) is 0 Å². The third-order valence-electron chi connectivity index (χ3n) is 4.35. The van der Waals surface area contributed by atoms with E-state index in [1.807, 2.05) is 0 Å². The molecule has 0 saturated heterocycles. The van der Waals surface area contributed by atoms with Gasteiger partial charge < -0.3 is 5.32 Å². The molecule has 0 unspecified atom stereocenters. The highest BCUT2D eigenvalue weighted by Crippen LogP contribution is 2.31. The Kier molecular flexibility index (Phi) is 4.11. The lowest BCUT2D eigenvalue weighted by Gasteiger charge is -2.12. The van der Waals surface area contributed by atoms with Crippen molar-refractivity contribution >= 4 is 0 Å². The van der Waals surface area contributed by atoms with E-state index in [2.05, 4.69) is 55.2 Å². The van der Waals surface area contributed by atoms with E-state index >= 15 is 0 Å². The summed E-state index contributed by atoms with van der Waals surface area (Å²) in [6.07, 6.45) is 4.65. The average molecular weight is 283 g/mol. The number of nitrogens with zero attached hydrogens (tertiary/aromatic N) is 2. The van der Waals surface area contributed by atoms with Crippen LogP contribution >= 0.6 is 0 Å². The largest absolute Gasteiger partial charge is 0.310 e. The van der Waals surface area contributed by atoms with Crippen LogP contribution in [0.25, 0.3) is 11.1 Å². The van der Waals surface area contributed by atoms with Crippen LogP contribution in [0.2, 0.25) is 0 Å². The molecular formula is C18H25N3. The number of hydrogen-bond acceptors (Lipinski definition) is 2. The molecule has 1 aromatic carbocycles. The molecule has 1 saturated carbocycles. The van der Waals surface area contributed by atoms with Crippen LogP contribution in [0.3, 0.4) is 0 Å². The second kappa shape index (κ2) is 6.02. The summed E-state index contributed by atoms with van der Waals surface area (Å²) in [5.74, 6) is 0. The molecule has 21 heavy (non-hydrogen) atoms. The zero-order valence-corrected chi connectivity index (χ0v) is 13.3. The molecule has 1 aliphatic rings. The SMILES string of the molecule is CCc1nn(C)c(CC)c1-c1ccccc1CNC1CC1. The first kappa shape index (κ1) is 14.3. The molecule has 0 spiro atoms. The van der Waals surface area contributed by atoms with Crippen LogP contribution in [-0.2, 0) is 26.4 Å². The van der Waals surface area contributed by atoms with Gasteiger partial charge in [-0.2, -0.15) is 5.10 Å². The van der Waals surface area contributed by atoms with Gasteiger partial charge in [0.1, 0.15) is 0 Å². The summed E-state index contributed by atoms with van der Waals surface area (Å²) in [4.78, 5) is 0. The summed E-state index contributed by atoms with van der Waals surface area (Å²) in [6.45, 7) is 5.36. The number of rotatable bonds is 6. The van der Waals surface area contributed by atoms with Gasteiger partial charge in [-0.05, 0) is 36.8 Å².